The van der Waals surface area contributed by atoms with Crippen molar-refractivity contribution in [2.24, 2.45) is 0 Å². The molecule has 2 atom stereocenters. The lowest BCUT2D eigenvalue weighted by atomic mass is 9.86. The Morgan fingerprint density at radius 1 is 1.19 bits per heavy atom. The van der Waals surface area contributed by atoms with E-state index in [-0.39, 0.29) is 24.6 Å². The number of nitrogens with one attached hydrogen (secondary N) is 1. The summed E-state index contributed by atoms with van der Waals surface area (Å²) in [5.41, 5.74) is 2.86. The molecule has 2 heterocycles. The minimum absolute atomic E-state index is 0.0479. The average molecular weight is 390 g/mol. The van der Waals surface area contributed by atoms with Gasteiger partial charge in [0.15, 0.2) is 0 Å². The van der Waals surface area contributed by atoms with Crippen LogP contribution in [-0.4, -0.2) is 37.4 Å². The lowest BCUT2D eigenvalue weighted by Crippen LogP contribution is -2.39. The Labute approximate surface area is 161 Å². The summed E-state index contributed by atoms with van der Waals surface area (Å²) in [5, 5.41) is 0.947. The summed E-state index contributed by atoms with van der Waals surface area (Å²) < 4.78 is 28.5. The number of hydrogen-bond donors (Lipinski definition) is 1. The van der Waals surface area contributed by atoms with Gasteiger partial charge in [0.25, 0.3) is 0 Å². The van der Waals surface area contributed by atoms with Gasteiger partial charge in [-0.2, -0.15) is 5.06 Å². The number of sulfonamides is 1. The van der Waals surface area contributed by atoms with Crippen molar-refractivity contribution >= 4 is 10.0 Å². The molecule has 1 aromatic heterocycles. The zero-order valence-electron chi connectivity index (χ0n) is 16.2. The van der Waals surface area contributed by atoms with Gasteiger partial charge >= 0.3 is 0 Å². The van der Waals surface area contributed by atoms with Gasteiger partial charge in [-0.15, -0.1) is 0 Å². The summed E-state index contributed by atoms with van der Waals surface area (Å²) in [6, 6.07) is 13.2. The molecule has 1 aliphatic rings. The van der Waals surface area contributed by atoms with Gasteiger partial charge in [0.05, 0.1) is 24.9 Å². The molecule has 1 fully saturated rings. The van der Waals surface area contributed by atoms with Crippen molar-refractivity contribution in [3.63, 3.8) is 0 Å². The van der Waals surface area contributed by atoms with Gasteiger partial charge in [-0.3, -0.25) is 9.82 Å². The van der Waals surface area contributed by atoms with Crippen LogP contribution in [-0.2, 0) is 26.8 Å². The summed E-state index contributed by atoms with van der Waals surface area (Å²) in [6.07, 6.45) is 1.65. The molecule has 0 radical (unpaired) electrons. The standard InChI is InChI=1S/C20H27N3O3S/c1-20(2,3)16-10-8-15(9-11-16)19-18(14-26-23(19)4)27(24,25)22-13-17-7-5-6-12-21-17/h5-12,18-19,22H,13-14H2,1-4H3. The summed E-state index contributed by atoms with van der Waals surface area (Å²) in [6.45, 7) is 6.75. The fraction of sp³-hybridized carbons (Fsp3) is 0.450. The number of hydroxylamine groups is 2. The van der Waals surface area contributed by atoms with Crippen molar-refractivity contribution < 1.29 is 13.3 Å². The largest absolute Gasteiger partial charge is 0.297 e. The van der Waals surface area contributed by atoms with Crippen molar-refractivity contribution in [1.29, 1.82) is 0 Å². The highest BCUT2D eigenvalue weighted by molar-refractivity contribution is 7.90. The van der Waals surface area contributed by atoms with Gasteiger partial charge in [0, 0.05) is 13.2 Å². The molecule has 0 aliphatic carbocycles. The van der Waals surface area contributed by atoms with Crippen LogP contribution in [0.4, 0.5) is 0 Å². The Morgan fingerprint density at radius 2 is 1.89 bits per heavy atom. The number of benzene rings is 1. The molecule has 1 aliphatic heterocycles. The highest BCUT2D eigenvalue weighted by Crippen LogP contribution is 2.34. The smallest absolute Gasteiger partial charge is 0.219 e. The number of rotatable bonds is 5. The minimum atomic E-state index is -3.58. The Morgan fingerprint density at radius 3 is 2.48 bits per heavy atom. The van der Waals surface area contributed by atoms with E-state index in [0.29, 0.717) is 5.69 Å². The van der Waals surface area contributed by atoms with E-state index >= 15 is 0 Å². The van der Waals surface area contributed by atoms with Crippen LogP contribution in [0.15, 0.2) is 48.7 Å². The molecule has 0 amide bonds. The Bertz CT molecular complexity index is 862. The number of nitrogens with zero attached hydrogens (tertiary/aromatic N) is 2. The maximum Gasteiger partial charge on any atom is 0.219 e. The van der Waals surface area contributed by atoms with Crippen molar-refractivity contribution in [3.05, 3.63) is 65.5 Å². The van der Waals surface area contributed by atoms with Gasteiger partial charge in [-0.1, -0.05) is 51.1 Å². The second-order valence-electron chi connectivity index (χ2n) is 7.88. The first-order valence-electron chi connectivity index (χ1n) is 9.03. The topological polar surface area (TPSA) is 71.5 Å². The van der Waals surface area contributed by atoms with Crippen LogP contribution in [0.2, 0.25) is 0 Å². The maximum absolute atomic E-state index is 12.9. The monoisotopic (exact) mass is 389 g/mol. The molecule has 146 valence electrons. The number of pyridine rings is 1. The van der Waals surface area contributed by atoms with Crippen molar-refractivity contribution in [1.82, 2.24) is 14.8 Å². The molecule has 1 saturated heterocycles. The molecular weight excluding hydrogens is 362 g/mol. The third kappa shape index (κ3) is 4.55. The molecule has 27 heavy (non-hydrogen) atoms. The zero-order valence-corrected chi connectivity index (χ0v) is 17.0. The van der Waals surface area contributed by atoms with Crippen LogP contribution in [0.3, 0.4) is 0 Å². The van der Waals surface area contributed by atoms with Gasteiger partial charge in [0.2, 0.25) is 10.0 Å². The van der Waals surface area contributed by atoms with Crippen LogP contribution in [0, 0.1) is 0 Å². The third-order valence-electron chi connectivity index (χ3n) is 4.88. The second kappa shape index (κ2) is 7.67. The van der Waals surface area contributed by atoms with Crippen molar-refractivity contribution in [3.8, 4) is 0 Å². The van der Waals surface area contributed by atoms with E-state index in [2.05, 4.69) is 42.6 Å². The van der Waals surface area contributed by atoms with E-state index in [1.165, 1.54) is 5.56 Å². The lowest BCUT2D eigenvalue weighted by Gasteiger charge is -2.25. The van der Waals surface area contributed by atoms with E-state index in [1.54, 1.807) is 30.4 Å². The van der Waals surface area contributed by atoms with Gasteiger partial charge in [0.1, 0.15) is 5.25 Å². The average Bonchev–Trinajstić information content (AvgIpc) is 3.03. The van der Waals surface area contributed by atoms with Crippen LogP contribution in [0.25, 0.3) is 0 Å². The van der Waals surface area contributed by atoms with E-state index in [0.717, 1.165) is 5.56 Å². The predicted octanol–water partition coefficient (Wildman–Crippen LogP) is 2.79. The van der Waals surface area contributed by atoms with E-state index in [4.69, 9.17) is 4.84 Å². The van der Waals surface area contributed by atoms with E-state index in [1.807, 2.05) is 18.2 Å². The number of aromatic nitrogens is 1. The van der Waals surface area contributed by atoms with E-state index < -0.39 is 15.3 Å². The first kappa shape index (κ1) is 19.9. The van der Waals surface area contributed by atoms with E-state index in [9.17, 15) is 8.42 Å². The first-order valence-corrected chi connectivity index (χ1v) is 10.6. The van der Waals surface area contributed by atoms with Crippen LogP contribution < -0.4 is 4.72 Å². The molecular formula is C20H27N3O3S. The Hall–Kier alpha value is -1.80. The molecule has 1 N–H and O–H groups in total. The molecule has 0 bridgehead atoms. The minimum Gasteiger partial charge on any atom is -0.297 e. The summed E-state index contributed by atoms with van der Waals surface area (Å²) >= 11 is 0. The SMILES string of the molecule is CN1OCC(S(=O)(=O)NCc2ccccn2)C1c1ccc(C(C)(C)C)cc1. The Balaban J connectivity index is 1.80. The normalized spacial score (nSPS) is 21.5. The Kier molecular flexibility index (Phi) is 5.67. The fourth-order valence-electron chi connectivity index (χ4n) is 3.25. The molecule has 2 unspecified atom stereocenters. The summed E-state index contributed by atoms with van der Waals surface area (Å²) in [7, 11) is -1.81. The van der Waals surface area contributed by atoms with Crippen LogP contribution in [0.1, 0.15) is 43.6 Å². The lowest BCUT2D eigenvalue weighted by molar-refractivity contribution is -0.110. The van der Waals surface area contributed by atoms with Crippen LogP contribution >= 0.6 is 0 Å². The molecule has 0 spiro atoms. The molecule has 7 heteroatoms. The van der Waals surface area contributed by atoms with Gasteiger partial charge in [-0.25, -0.2) is 13.1 Å². The van der Waals surface area contributed by atoms with Crippen molar-refractivity contribution in [2.75, 3.05) is 13.7 Å². The molecule has 3 rings (SSSR count). The van der Waals surface area contributed by atoms with Crippen molar-refractivity contribution in [2.45, 2.75) is 44.0 Å². The molecule has 1 aromatic carbocycles. The maximum atomic E-state index is 12.9. The van der Waals surface area contributed by atoms with Gasteiger partial charge < -0.3 is 0 Å². The summed E-state index contributed by atoms with van der Waals surface area (Å²) in [4.78, 5) is 9.73. The first-order chi connectivity index (χ1) is 12.7. The second-order valence-corrected chi connectivity index (χ2v) is 9.87. The van der Waals surface area contributed by atoms with Gasteiger partial charge in [-0.05, 0) is 28.7 Å². The molecule has 6 nitrogen and oxygen atoms in total. The highest BCUT2D eigenvalue weighted by atomic mass is 32.2. The highest BCUT2D eigenvalue weighted by Gasteiger charge is 2.43. The number of hydrogen-bond acceptors (Lipinski definition) is 5. The summed E-state index contributed by atoms with van der Waals surface area (Å²) in [5.74, 6) is 0. The fourth-order valence-corrected chi connectivity index (χ4v) is 4.72. The predicted molar refractivity (Wildman–Crippen MR) is 105 cm³/mol. The molecule has 0 saturated carbocycles. The van der Waals surface area contributed by atoms with Crippen LogP contribution in [0.5, 0.6) is 0 Å². The quantitative estimate of drug-likeness (QED) is 0.851. The zero-order chi connectivity index (χ0) is 19.7. The molecule has 2 aromatic rings. The third-order valence-corrected chi connectivity index (χ3v) is 6.62.